The van der Waals surface area contributed by atoms with Crippen LogP contribution in [0.15, 0.2) is 121 Å². The number of para-hydroxylation sites is 1. The average molecular weight is 683 g/mol. The lowest BCUT2D eigenvalue weighted by Gasteiger charge is -2.40. The molecule has 6 heteroatoms. The molecule has 0 atom stereocenters. The summed E-state index contributed by atoms with van der Waals surface area (Å²) in [5.74, 6) is 2.25. The predicted molar refractivity (Wildman–Crippen MR) is 213 cm³/mol. The third-order valence-electron chi connectivity index (χ3n) is 10.3. The highest BCUT2D eigenvalue weighted by Gasteiger charge is 2.39. The van der Waals surface area contributed by atoms with Crippen molar-refractivity contribution in [3.05, 3.63) is 143 Å². The molecule has 3 aromatic heterocycles. The molecule has 4 nitrogen and oxygen atoms in total. The van der Waals surface area contributed by atoms with E-state index in [-0.39, 0.29) is 5.41 Å². The lowest BCUT2D eigenvalue weighted by Crippen LogP contribution is -2.29. The fourth-order valence-electron chi connectivity index (χ4n) is 7.77. The van der Waals surface area contributed by atoms with E-state index in [1.165, 1.54) is 57.8 Å². The fourth-order valence-corrected chi connectivity index (χ4v) is 10.1. The van der Waals surface area contributed by atoms with Gasteiger partial charge in [-0.05, 0) is 85.4 Å². The lowest BCUT2D eigenvalue weighted by molar-refractivity contribution is 0.647. The molecule has 0 unspecified atom stereocenters. The Morgan fingerprint density at radius 1 is 0.680 bits per heavy atom. The number of allylic oxidation sites excluding steroid dienone is 8. The SMILES string of the molecule is CC1(C)c2ccccc2N(c2ccc3sc4ccc(-c5nc(C6=CCCC=C6)nc(C6=CC=CCC6)n5)cc4c3c2)c2c1sc1ccccc21. The summed E-state index contributed by atoms with van der Waals surface area (Å²) in [4.78, 5) is 19.1. The van der Waals surface area contributed by atoms with Crippen LogP contribution >= 0.6 is 22.7 Å². The molecule has 7 aromatic rings. The highest BCUT2D eigenvalue weighted by molar-refractivity contribution is 7.25. The smallest absolute Gasteiger partial charge is 0.164 e. The van der Waals surface area contributed by atoms with E-state index >= 15 is 0 Å². The molecule has 0 spiro atoms. The molecule has 4 heterocycles. The molecule has 10 rings (SSSR count). The highest BCUT2D eigenvalue weighted by Crippen LogP contribution is 2.57. The molecule has 242 valence electrons. The quantitative estimate of drug-likeness (QED) is 0.185. The molecule has 1 aliphatic heterocycles. The molecule has 0 saturated carbocycles. The first-order valence-electron chi connectivity index (χ1n) is 17.4. The Kier molecular flexibility index (Phi) is 6.80. The van der Waals surface area contributed by atoms with Crippen molar-refractivity contribution in [1.29, 1.82) is 0 Å². The molecular weight excluding hydrogens is 649 g/mol. The van der Waals surface area contributed by atoms with Crippen LogP contribution in [0, 0.1) is 0 Å². The van der Waals surface area contributed by atoms with Crippen molar-refractivity contribution < 1.29 is 0 Å². The summed E-state index contributed by atoms with van der Waals surface area (Å²) in [6, 6.07) is 31.5. The van der Waals surface area contributed by atoms with Crippen LogP contribution in [0.25, 0.3) is 52.8 Å². The van der Waals surface area contributed by atoms with Crippen LogP contribution in [-0.4, -0.2) is 15.0 Å². The van der Waals surface area contributed by atoms with Gasteiger partial charge in [-0.15, -0.1) is 22.7 Å². The van der Waals surface area contributed by atoms with Crippen LogP contribution in [-0.2, 0) is 5.41 Å². The molecule has 2 aliphatic carbocycles. The molecule has 0 bridgehead atoms. The van der Waals surface area contributed by atoms with Gasteiger partial charge < -0.3 is 4.90 Å². The lowest BCUT2D eigenvalue weighted by atomic mass is 9.78. The van der Waals surface area contributed by atoms with Gasteiger partial charge in [-0.1, -0.05) is 86.7 Å². The third kappa shape index (κ3) is 4.66. The van der Waals surface area contributed by atoms with Gasteiger partial charge in [0.1, 0.15) is 0 Å². The molecule has 0 amide bonds. The largest absolute Gasteiger partial charge is 0.308 e. The Labute approximate surface area is 299 Å². The zero-order valence-corrected chi connectivity index (χ0v) is 29.6. The first kappa shape index (κ1) is 29.7. The van der Waals surface area contributed by atoms with Gasteiger partial charge in [-0.25, -0.2) is 15.0 Å². The van der Waals surface area contributed by atoms with Crippen molar-refractivity contribution >= 4 is 81.1 Å². The Morgan fingerprint density at radius 3 is 2.32 bits per heavy atom. The number of benzene rings is 4. The van der Waals surface area contributed by atoms with Gasteiger partial charge in [0.25, 0.3) is 0 Å². The van der Waals surface area contributed by atoms with Crippen LogP contribution < -0.4 is 4.90 Å². The standard InChI is InChI=1S/C44H34N4S2/c1-44(2)34-18-10-11-19-35(34)48(39-31-17-9-12-20-36(31)50-40(39)44)30-22-24-38-33(26-30)32-25-29(21-23-37(32)49-38)43-46-41(27-13-5-3-6-14-27)45-42(47-43)28-15-7-4-8-16-28/h3,5,7,9-13,15-26H,4,6,8,14H2,1-2H3. The van der Waals surface area contributed by atoms with E-state index in [0.29, 0.717) is 0 Å². The minimum atomic E-state index is -0.101. The second-order valence-electron chi connectivity index (χ2n) is 13.9. The van der Waals surface area contributed by atoms with Gasteiger partial charge in [0, 0.05) is 57.4 Å². The van der Waals surface area contributed by atoms with Gasteiger partial charge in [-0.3, -0.25) is 0 Å². The van der Waals surface area contributed by atoms with Gasteiger partial charge in [0.05, 0.1) is 11.4 Å². The highest BCUT2D eigenvalue weighted by atomic mass is 32.1. The van der Waals surface area contributed by atoms with Crippen LogP contribution in [0.4, 0.5) is 17.1 Å². The van der Waals surface area contributed by atoms with E-state index in [1.807, 2.05) is 22.7 Å². The molecule has 3 aliphatic rings. The maximum Gasteiger partial charge on any atom is 0.164 e. The van der Waals surface area contributed by atoms with Crippen LogP contribution in [0.3, 0.4) is 0 Å². The molecular formula is C44H34N4S2. The van der Waals surface area contributed by atoms with Crippen LogP contribution in [0.2, 0.25) is 0 Å². The van der Waals surface area contributed by atoms with Crippen molar-refractivity contribution in [2.45, 2.75) is 44.9 Å². The minimum absolute atomic E-state index is 0.101. The molecule has 0 fully saturated rings. The Hall–Kier alpha value is -5.17. The Bertz CT molecular complexity index is 2650. The van der Waals surface area contributed by atoms with Crippen LogP contribution in [0.1, 0.15) is 61.6 Å². The second kappa shape index (κ2) is 11.4. The maximum atomic E-state index is 5.09. The number of fused-ring (bicyclic) bond motifs is 7. The number of aromatic nitrogens is 3. The van der Waals surface area contributed by atoms with Gasteiger partial charge >= 0.3 is 0 Å². The summed E-state index contributed by atoms with van der Waals surface area (Å²) in [7, 11) is 0. The molecule has 4 aromatic carbocycles. The van der Waals surface area contributed by atoms with Crippen molar-refractivity contribution in [3.63, 3.8) is 0 Å². The Morgan fingerprint density at radius 2 is 1.46 bits per heavy atom. The Balaban J connectivity index is 1.15. The summed E-state index contributed by atoms with van der Waals surface area (Å²) < 4.78 is 3.86. The van der Waals surface area contributed by atoms with Crippen molar-refractivity contribution in [2.24, 2.45) is 0 Å². The van der Waals surface area contributed by atoms with E-state index in [1.54, 1.807) is 0 Å². The number of hydrogen-bond donors (Lipinski definition) is 0. The first-order chi connectivity index (χ1) is 24.5. The zero-order chi connectivity index (χ0) is 33.4. The van der Waals surface area contributed by atoms with E-state index in [4.69, 9.17) is 15.0 Å². The fraction of sp³-hybridized carbons (Fsp3) is 0.159. The summed E-state index contributed by atoms with van der Waals surface area (Å²) in [5, 5.41) is 3.78. The summed E-state index contributed by atoms with van der Waals surface area (Å²) in [6.07, 6.45) is 17.1. The topological polar surface area (TPSA) is 41.9 Å². The van der Waals surface area contributed by atoms with Crippen molar-refractivity contribution in [2.75, 3.05) is 4.90 Å². The molecule has 0 N–H and O–H groups in total. The summed E-state index contributed by atoms with van der Waals surface area (Å²) in [6.45, 7) is 4.74. The maximum absolute atomic E-state index is 5.09. The summed E-state index contributed by atoms with van der Waals surface area (Å²) in [5.41, 5.74) is 8.22. The summed E-state index contributed by atoms with van der Waals surface area (Å²) >= 11 is 3.77. The average Bonchev–Trinajstić information content (AvgIpc) is 3.75. The van der Waals surface area contributed by atoms with E-state index in [2.05, 4.69) is 140 Å². The molecule has 0 radical (unpaired) electrons. The van der Waals surface area contributed by atoms with Crippen LogP contribution in [0.5, 0.6) is 0 Å². The normalized spacial score (nSPS) is 16.5. The monoisotopic (exact) mass is 682 g/mol. The molecule has 50 heavy (non-hydrogen) atoms. The minimum Gasteiger partial charge on any atom is -0.308 e. The second-order valence-corrected chi connectivity index (χ2v) is 16.0. The van der Waals surface area contributed by atoms with E-state index in [0.717, 1.165) is 59.9 Å². The molecule has 0 saturated heterocycles. The predicted octanol–water partition coefficient (Wildman–Crippen LogP) is 12.7. The third-order valence-corrected chi connectivity index (χ3v) is 13.0. The number of anilines is 3. The van der Waals surface area contributed by atoms with E-state index < -0.39 is 0 Å². The van der Waals surface area contributed by atoms with E-state index in [9.17, 15) is 0 Å². The van der Waals surface area contributed by atoms with Gasteiger partial charge in [0.15, 0.2) is 17.5 Å². The first-order valence-corrected chi connectivity index (χ1v) is 19.0. The van der Waals surface area contributed by atoms with Gasteiger partial charge in [-0.2, -0.15) is 0 Å². The van der Waals surface area contributed by atoms with Crippen molar-refractivity contribution in [1.82, 2.24) is 15.0 Å². The number of rotatable bonds is 4. The van der Waals surface area contributed by atoms with Crippen molar-refractivity contribution in [3.8, 4) is 11.4 Å². The number of hydrogen-bond acceptors (Lipinski definition) is 6. The zero-order valence-electron chi connectivity index (χ0n) is 28.0. The number of thiophene rings is 2. The number of nitrogens with zero attached hydrogens (tertiary/aromatic N) is 4. The van der Waals surface area contributed by atoms with Gasteiger partial charge in [0.2, 0.25) is 0 Å².